The second-order valence-corrected chi connectivity index (χ2v) is 4.87. The highest BCUT2D eigenvalue weighted by atomic mass is 32.1. The van der Waals surface area contributed by atoms with Gasteiger partial charge in [-0.2, -0.15) is 0 Å². The molecule has 0 unspecified atom stereocenters. The fourth-order valence-electron chi connectivity index (χ4n) is 2.06. The summed E-state index contributed by atoms with van der Waals surface area (Å²) < 4.78 is 0. The number of nitrogens with two attached hydrogens (primary N) is 1. The fraction of sp³-hybridized carbons (Fsp3) is 0. The molecule has 0 bridgehead atoms. The van der Waals surface area contributed by atoms with Crippen LogP contribution in [0.5, 0.6) is 0 Å². The minimum absolute atomic E-state index is 0.335. The molecule has 3 nitrogen and oxygen atoms in total. The number of hydrogen-bond acceptors (Lipinski definition) is 3. The molecule has 98 valence electrons. The van der Waals surface area contributed by atoms with E-state index in [0.717, 1.165) is 22.2 Å². The smallest absolute Gasteiger partial charge is 0.141 e. The highest BCUT2D eigenvalue weighted by Gasteiger charge is 2.09. The van der Waals surface area contributed by atoms with Crippen molar-refractivity contribution in [1.29, 1.82) is 0 Å². The lowest BCUT2D eigenvalue weighted by atomic mass is 10.1. The highest BCUT2D eigenvalue weighted by molar-refractivity contribution is 7.80. The molecule has 0 aliphatic rings. The normalized spacial score (nSPS) is 10.4. The van der Waals surface area contributed by atoms with Gasteiger partial charge in [0.1, 0.15) is 10.8 Å². The van der Waals surface area contributed by atoms with E-state index < -0.39 is 0 Å². The number of anilines is 2. The maximum absolute atomic E-state index is 5.81. The number of benzene rings is 2. The van der Waals surface area contributed by atoms with Crippen LogP contribution in [0.3, 0.4) is 0 Å². The Morgan fingerprint density at radius 2 is 1.70 bits per heavy atom. The zero-order valence-corrected chi connectivity index (χ0v) is 11.5. The lowest BCUT2D eigenvalue weighted by Gasteiger charge is -2.11. The molecule has 1 aromatic heterocycles. The molecular weight excluding hydrogens is 266 g/mol. The summed E-state index contributed by atoms with van der Waals surface area (Å²) in [4.78, 5) is 4.95. The van der Waals surface area contributed by atoms with Crippen molar-refractivity contribution in [2.24, 2.45) is 5.73 Å². The number of pyridine rings is 1. The van der Waals surface area contributed by atoms with Crippen molar-refractivity contribution >= 4 is 39.6 Å². The van der Waals surface area contributed by atoms with Gasteiger partial charge in [-0.1, -0.05) is 48.6 Å². The third-order valence-electron chi connectivity index (χ3n) is 3.03. The molecule has 2 aromatic carbocycles. The number of thiocarbonyl (C=S) groups is 1. The fourth-order valence-corrected chi connectivity index (χ4v) is 2.21. The van der Waals surface area contributed by atoms with Crippen molar-refractivity contribution in [3.8, 4) is 0 Å². The Bertz CT molecular complexity index is 769. The van der Waals surface area contributed by atoms with Gasteiger partial charge >= 0.3 is 0 Å². The Morgan fingerprint density at radius 1 is 1.00 bits per heavy atom. The molecule has 3 aromatic rings. The molecule has 0 amide bonds. The number of para-hydroxylation sites is 2. The van der Waals surface area contributed by atoms with Gasteiger partial charge in [-0.05, 0) is 24.3 Å². The molecule has 3 N–H and O–H groups in total. The van der Waals surface area contributed by atoms with E-state index in [4.69, 9.17) is 18.0 Å². The summed E-state index contributed by atoms with van der Waals surface area (Å²) in [6.07, 6.45) is 0. The van der Waals surface area contributed by atoms with Crippen LogP contribution in [0, 0.1) is 0 Å². The van der Waals surface area contributed by atoms with Crippen LogP contribution in [-0.4, -0.2) is 9.97 Å². The average molecular weight is 279 g/mol. The van der Waals surface area contributed by atoms with Crippen LogP contribution in [0.4, 0.5) is 11.5 Å². The predicted molar refractivity (Wildman–Crippen MR) is 87.4 cm³/mol. The van der Waals surface area contributed by atoms with Crippen molar-refractivity contribution in [1.82, 2.24) is 4.98 Å². The van der Waals surface area contributed by atoms with Gasteiger partial charge in [-0.25, -0.2) is 4.98 Å². The van der Waals surface area contributed by atoms with Crippen LogP contribution >= 0.6 is 12.2 Å². The molecular formula is C16H13N3S. The average Bonchev–Trinajstić information content (AvgIpc) is 2.47. The first-order chi connectivity index (χ1) is 9.74. The minimum atomic E-state index is 0.335. The summed E-state index contributed by atoms with van der Waals surface area (Å²) in [6, 6.07) is 19.7. The van der Waals surface area contributed by atoms with E-state index >= 15 is 0 Å². The molecule has 0 spiro atoms. The van der Waals surface area contributed by atoms with Crippen LogP contribution in [0.15, 0.2) is 60.7 Å². The lowest BCUT2D eigenvalue weighted by molar-refractivity contribution is 1.36. The van der Waals surface area contributed by atoms with Gasteiger partial charge in [0.25, 0.3) is 0 Å². The van der Waals surface area contributed by atoms with Gasteiger partial charge in [0.05, 0.1) is 11.1 Å². The SMILES string of the molecule is NC(=S)c1cc2ccccc2nc1Nc1ccccc1. The Balaban J connectivity index is 2.12. The zero-order chi connectivity index (χ0) is 13.9. The van der Waals surface area contributed by atoms with Crippen LogP contribution in [0.2, 0.25) is 0 Å². The number of nitrogens with zero attached hydrogens (tertiary/aromatic N) is 1. The van der Waals surface area contributed by atoms with Crippen molar-refractivity contribution in [2.45, 2.75) is 0 Å². The number of rotatable bonds is 3. The largest absolute Gasteiger partial charge is 0.389 e. The Kier molecular flexibility index (Phi) is 3.31. The van der Waals surface area contributed by atoms with Gasteiger partial charge in [0, 0.05) is 11.1 Å². The van der Waals surface area contributed by atoms with Crippen LogP contribution in [0.1, 0.15) is 5.56 Å². The minimum Gasteiger partial charge on any atom is -0.389 e. The van der Waals surface area contributed by atoms with E-state index in [1.807, 2.05) is 60.7 Å². The van der Waals surface area contributed by atoms with E-state index in [1.54, 1.807) is 0 Å². The first-order valence-electron chi connectivity index (χ1n) is 6.26. The van der Waals surface area contributed by atoms with Crippen molar-refractivity contribution in [3.05, 3.63) is 66.2 Å². The molecule has 0 radical (unpaired) electrons. The Labute approximate surface area is 122 Å². The maximum Gasteiger partial charge on any atom is 0.141 e. The third kappa shape index (κ3) is 2.46. The summed E-state index contributed by atoms with van der Waals surface area (Å²) in [5, 5.41) is 4.29. The standard InChI is InChI=1S/C16H13N3S/c17-15(20)13-10-11-6-4-5-9-14(11)19-16(13)18-12-7-2-1-3-8-12/h1-10H,(H2,17,20)(H,18,19). The molecule has 0 atom stereocenters. The molecule has 4 heteroatoms. The summed E-state index contributed by atoms with van der Waals surface area (Å²) in [6.45, 7) is 0. The van der Waals surface area contributed by atoms with E-state index in [1.165, 1.54) is 0 Å². The second-order valence-electron chi connectivity index (χ2n) is 4.43. The van der Waals surface area contributed by atoms with E-state index in [9.17, 15) is 0 Å². The number of aromatic nitrogens is 1. The molecule has 20 heavy (non-hydrogen) atoms. The first-order valence-corrected chi connectivity index (χ1v) is 6.66. The summed E-state index contributed by atoms with van der Waals surface area (Å²) in [5.41, 5.74) is 8.42. The van der Waals surface area contributed by atoms with E-state index in [-0.39, 0.29) is 0 Å². The Hall–Kier alpha value is -2.46. The molecule has 0 saturated carbocycles. The Morgan fingerprint density at radius 3 is 2.45 bits per heavy atom. The summed E-state index contributed by atoms with van der Waals surface area (Å²) >= 11 is 5.13. The number of nitrogens with one attached hydrogen (secondary N) is 1. The summed E-state index contributed by atoms with van der Waals surface area (Å²) in [5.74, 6) is 0.683. The monoisotopic (exact) mass is 279 g/mol. The topological polar surface area (TPSA) is 50.9 Å². The van der Waals surface area contributed by atoms with Gasteiger partial charge < -0.3 is 11.1 Å². The van der Waals surface area contributed by atoms with Crippen LogP contribution in [-0.2, 0) is 0 Å². The maximum atomic E-state index is 5.81. The molecule has 3 rings (SSSR count). The van der Waals surface area contributed by atoms with Gasteiger partial charge in [-0.15, -0.1) is 0 Å². The quantitative estimate of drug-likeness (QED) is 0.719. The van der Waals surface area contributed by atoms with Crippen molar-refractivity contribution < 1.29 is 0 Å². The van der Waals surface area contributed by atoms with E-state index in [0.29, 0.717) is 10.8 Å². The zero-order valence-electron chi connectivity index (χ0n) is 10.7. The van der Waals surface area contributed by atoms with Crippen LogP contribution < -0.4 is 11.1 Å². The van der Waals surface area contributed by atoms with Gasteiger partial charge in [0.2, 0.25) is 0 Å². The van der Waals surface area contributed by atoms with Crippen molar-refractivity contribution in [2.75, 3.05) is 5.32 Å². The predicted octanol–water partition coefficient (Wildman–Crippen LogP) is 3.61. The molecule has 0 saturated heterocycles. The lowest BCUT2D eigenvalue weighted by Crippen LogP contribution is -2.13. The number of fused-ring (bicyclic) bond motifs is 1. The highest BCUT2D eigenvalue weighted by Crippen LogP contribution is 2.23. The molecule has 0 aliphatic carbocycles. The number of hydrogen-bond donors (Lipinski definition) is 2. The van der Waals surface area contributed by atoms with Gasteiger partial charge in [0.15, 0.2) is 0 Å². The van der Waals surface area contributed by atoms with Crippen molar-refractivity contribution in [3.63, 3.8) is 0 Å². The first kappa shape index (κ1) is 12.6. The third-order valence-corrected chi connectivity index (χ3v) is 3.25. The van der Waals surface area contributed by atoms with Crippen LogP contribution in [0.25, 0.3) is 10.9 Å². The second kappa shape index (κ2) is 5.27. The van der Waals surface area contributed by atoms with Gasteiger partial charge in [-0.3, -0.25) is 0 Å². The molecule has 0 fully saturated rings. The van der Waals surface area contributed by atoms with E-state index in [2.05, 4.69) is 10.3 Å². The molecule has 1 heterocycles. The molecule has 0 aliphatic heterocycles. The summed E-state index contributed by atoms with van der Waals surface area (Å²) in [7, 11) is 0.